The van der Waals surface area contributed by atoms with E-state index in [0.717, 1.165) is 12.8 Å². The van der Waals surface area contributed by atoms with Crippen LogP contribution in [0.25, 0.3) is 0 Å². The zero-order chi connectivity index (χ0) is 13.1. The molecular formula is C13H17FN2O2. The summed E-state index contributed by atoms with van der Waals surface area (Å²) in [5.41, 5.74) is 5.87. The molecule has 0 heterocycles. The molecule has 0 unspecified atom stereocenters. The molecule has 1 amide bonds. The molecule has 5 heteroatoms. The summed E-state index contributed by atoms with van der Waals surface area (Å²) in [5, 5.41) is 12.1. The van der Waals surface area contributed by atoms with E-state index in [1.54, 1.807) is 0 Å². The Morgan fingerprint density at radius 2 is 2.00 bits per heavy atom. The smallest absolute Gasteiger partial charge is 0.254 e. The van der Waals surface area contributed by atoms with Crippen LogP contribution in [0, 0.1) is 5.82 Å². The average molecular weight is 252 g/mol. The van der Waals surface area contributed by atoms with Gasteiger partial charge in [0.2, 0.25) is 0 Å². The van der Waals surface area contributed by atoms with Crippen molar-refractivity contribution in [2.24, 2.45) is 0 Å². The number of benzene rings is 1. The summed E-state index contributed by atoms with van der Waals surface area (Å²) in [6.07, 6.45) is 2.50. The van der Waals surface area contributed by atoms with Gasteiger partial charge in [-0.15, -0.1) is 0 Å². The molecule has 2 rings (SSSR count). The molecule has 0 radical (unpaired) electrons. The first kappa shape index (κ1) is 12.8. The van der Waals surface area contributed by atoms with E-state index in [1.165, 1.54) is 18.2 Å². The van der Waals surface area contributed by atoms with E-state index in [4.69, 9.17) is 5.73 Å². The van der Waals surface area contributed by atoms with Crippen LogP contribution >= 0.6 is 0 Å². The second-order valence-corrected chi connectivity index (χ2v) is 4.72. The van der Waals surface area contributed by atoms with E-state index in [1.807, 2.05) is 0 Å². The van der Waals surface area contributed by atoms with Crippen molar-refractivity contribution in [3.63, 3.8) is 0 Å². The number of nitrogen functional groups attached to an aromatic ring is 1. The standard InChI is InChI=1S/C13H17FN2O2/c14-12-6-1-8(15)7-11(12)13(18)16-9-2-4-10(17)5-3-9/h1,6-7,9-10,17H,2-5,15H2,(H,16,18). The lowest BCUT2D eigenvalue weighted by atomic mass is 9.93. The molecule has 1 aliphatic rings. The van der Waals surface area contributed by atoms with Crippen LogP contribution in [0.4, 0.5) is 10.1 Å². The van der Waals surface area contributed by atoms with Crippen molar-refractivity contribution >= 4 is 11.6 Å². The van der Waals surface area contributed by atoms with Gasteiger partial charge in [-0.1, -0.05) is 0 Å². The fourth-order valence-electron chi connectivity index (χ4n) is 2.20. The van der Waals surface area contributed by atoms with Gasteiger partial charge in [0.15, 0.2) is 0 Å². The van der Waals surface area contributed by atoms with Crippen molar-refractivity contribution in [1.29, 1.82) is 0 Å². The van der Waals surface area contributed by atoms with Gasteiger partial charge < -0.3 is 16.2 Å². The van der Waals surface area contributed by atoms with E-state index in [2.05, 4.69) is 5.32 Å². The largest absolute Gasteiger partial charge is 0.399 e. The molecule has 1 aromatic rings. The van der Waals surface area contributed by atoms with Crippen molar-refractivity contribution in [2.45, 2.75) is 37.8 Å². The molecule has 4 N–H and O–H groups in total. The predicted molar refractivity (Wildman–Crippen MR) is 66.5 cm³/mol. The van der Waals surface area contributed by atoms with Crippen LogP contribution in [-0.2, 0) is 0 Å². The van der Waals surface area contributed by atoms with Crippen LogP contribution in [0.3, 0.4) is 0 Å². The third-order valence-electron chi connectivity index (χ3n) is 3.27. The zero-order valence-corrected chi connectivity index (χ0v) is 10.0. The summed E-state index contributed by atoms with van der Waals surface area (Å²) in [7, 11) is 0. The predicted octanol–water partition coefficient (Wildman–Crippen LogP) is 1.44. The quantitative estimate of drug-likeness (QED) is 0.697. The summed E-state index contributed by atoms with van der Waals surface area (Å²) in [4.78, 5) is 11.9. The van der Waals surface area contributed by atoms with Gasteiger partial charge in [-0.05, 0) is 43.9 Å². The number of anilines is 1. The fraction of sp³-hybridized carbons (Fsp3) is 0.462. The molecule has 18 heavy (non-hydrogen) atoms. The Balaban J connectivity index is 2.01. The van der Waals surface area contributed by atoms with Crippen LogP contribution in [0.5, 0.6) is 0 Å². The van der Waals surface area contributed by atoms with E-state index in [-0.39, 0.29) is 17.7 Å². The average Bonchev–Trinajstić information content (AvgIpc) is 2.35. The van der Waals surface area contributed by atoms with Gasteiger partial charge in [0.05, 0.1) is 11.7 Å². The fourth-order valence-corrected chi connectivity index (χ4v) is 2.20. The van der Waals surface area contributed by atoms with Crippen LogP contribution < -0.4 is 11.1 Å². The maximum Gasteiger partial charge on any atom is 0.254 e. The minimum Gasteiger partial charge on any atom is -0.399 e. The molecule has 1 aliphatic carbocycles. The first-order valence-corrected chi connectivity index (χ1v) is 6.10. The molecule has 98 valence electrons. The maximum absolute atomic E-state index is 13.5. The molecule has 0 spiro atoms. The Hall–Kier alpha value is -1.62. The van der Waals surface area contributed by atoms with Gasteiger partial charge >= 0.3 is 0 Å². The Labute approximate surface area is 105 Å². The van der Waals surface area contributed by atoms with Crippen molar-refractivity contribution in [2.75, 3.05) is 5.73 Å². The number of halogens is 1. The number of rotatable bonds is 2. The highest BCUT2D eigenvalue weighted by molar-refractivity contribution is 5.95. The van der Waals surface area contributed by atoms with Crippen molar-refractivity contribution in [3.8, 4) is 0 Å². The number of aliphatic hydroxyl groups excluding tert-OH is 1. The lowest BCUT2D eigenvalue weighted by molar-refractivity contribution is 0.0864. The van der Waals surface area contributed by atoms with Gasteiger partial charge in [0, 0.05) is 11.7 Å². The summed E-state index contributed by atoms with van der Waals surface area (Å²) < 4.78 is 13.5. The van der Waals surface area contributed by atoms with Gasteiger partial charge in [-0.2, -0.15) is 0 Å². The lowest BCUT2D eigenvalue weighted by Gasteiger charge is -2.26. The summed E-state index contributed by atoms with van der Waals surface area (Å²) in [6.45, 7) is 0. The molecule has 0 saturated heterocycles. The number of carbonyl (C=O) groups is 1. The van der Waals surface area contributed by atoms with Crippen molar-refractivity contribution in [3.05, 3.63) is 29.6 Å². The van der Waals surface area contributed by atoms with Gasteiger partial charge in [0.1, 0.15) is 5.82 Å². The second-order valence-electron chi connectivity index (χ2n) is 4.72. The lowest BCUT2D eigenvalue weighted by Crippen LogP contribution is -2.38. The van der Waals surface area contributed by atoms with E-state index >= 15 is 0 Å². The SMILES string of the molecule is Nc1ccc(F)c(C(=O)NC2CCC(O)CC2)c1. The number of nitrogens with one attached hydrogen (secondary N) is 1. The third-order valence-corrected chi connectivity index (χ3v) is 3.27. The van der Waals surface area contributed by atoms with Crippen LogP contribution in [0.15, 0.2) is 18.2 Å². The molecule has 0 atom stereocenters. The third kappa shape index (κ3) is 2.98. The van der Waals surface area contributed by atoms with Crippen molar-refractivity contribution in [1.82, 2.24) is 5.32 Å². The van der Waals surface area contributed by atoms with Gasteiger partial charge in [0.25, 0.3) is 5.91 Å². The van der Waals surface area contributed by atoms with Crippen LogP contribution in [0.2, 0.25) is 0 Å². The molecule has 1 fully saturated rings. The van der Waals surface area contributed by atoms with E-state index < -0.39 is 11.7 Å². The summed E-state index contributed by atoms with van der Waals surface area (Å²) in [5.74, 6) is -1.02. The van der Waals surface area contributed by atoms with Gasteiger partial charge in [-0.25, -0.2) is 4.39 Å². The number of hydrogen-bond acceptors (Lipinski definition) is 3. The Morgan fingerprint density at radius 3 is 2.67 bits per heavy atom. The second kappa shape index (κ2) is 5.35. The number of hydrogen-bond donors (Lipinski definition) is 3. The summed E-state index contributed by atoms with van der Waals surface area (Å²) in [6, 6.07) is 3.95. The highest BCUT2D eigenvalue weighted by Crippen LogP contribution is 2.19. The van der Waals surface area contributed by atoms with E-state index in [9.17, 15) is 14.3 Å². The molecule has 1 aromatic carbocycles. The Bertz CT molecular complexity index is 443. The number of aliphatic hydroxyl groups is 1. The first-order valence-electron chi connectivity index (χ1n) is 6.10. The molecule has 0 aromatic heterocycles. The number of carbonyl (C=O) groups excluding carboxylic acids is 1. The molecule has 0 aliphatic heterocycles. The molecule has 0 bridgehead atoms. The van der Waals surface area contributed by atoms with Crippen molar-refractivity contribution < 1.29 is 14.3 Å². The number of nitrogens with two attached hydrogens (primary N) is 1. The zero-order valence-electron chi connectivity index (χ0n) is 10.0. The minimum absolute atomic E-state index is 0.00160. The molecule has 4 nitrogen and oxygen atoms in total. The molecule has 1 saturated carbocycles. The van der Waals surface area contributed by atoms with Gasteiger partial charge in [-0.3, -0.25) is 4.79 Å². The highest BCUT2D eigenvalue weighted by atomic mass is 19.1. The van der Waals surface area contributed by atoms with Crippen LogP contribution in [0.1, 0.15) is 36.0 Å². The monoisotopic (exact) mass is 252 g/mol. The summed E-state index contributed by atoms with van der Waals surface area (Å²) >= 11 is 0. The van der Waals surface area contributed by atoms with E-state index in [0.29, 0.717) is 18.5 Å². The Kier molecular flexibility index (Phi) is 3.81. The number of amides is 1. The Morgan fingerprint density at radius 1 is 1.33 bits per heavy atom. The maximum atomic E-state index is 13.5. The molecular weight excluding hydrogens is 235 g/mol. The normalized spacial score (nSPS) is 23.7. The van der Waals surface area contributed by atoms with Crippen LogP contribution in [-0.4, -0.2) is 23.2 Å². The topological polar surface area (TPSA) is 75.4 Å². The first-order chi connectivity index (χ1) is 8.56. The highest BCUT2D eigenvalue weighted by Gasteiger charge is 2.22. The minimum atomic E-state index is -0.572.